The summed E-state index contributed by atoms with van der Waals surface area (Å²) < 4.78 is 20.5. The number of hydrogen-bond donors (Lipinski definition) is 0. The van der Waals surface area contributed by atoms with E-state index < -0.39 is 23.1 Å². The molecular weight excluding hydrogens is 158 g/mol. The molecule has 1 saturated heterocycles. The summed E-state index contributed by atoms with van der Waals surface area (Å²) in [6, 6.07) is 0. The fourth-order valence-electron chi connectivity index (χ4n) is 0.722. The Morgan fingerprint density at radius 2 is 1.70 bits per heavy atom. The first-order chi connectivity index (χ1) is 4.63. The molecule has 2 amide bonds. The molecule has 0 N–H and O–H groups in total. The fraction of sp³-hybridized carbons (Fsp3) is 0.500. The molecule has 56 valence electrons. The predicted molar refractivity (Wildman–Crippen MR) is 30.0 cm³/mol. The molecule has 5 nitrogen and oxygen atoms in total. The van der Waals surface area contributed by atoms with Gasteiger partial charge < -0.3 is 4.55 Å². The zero-order chi connectivity index (χ0) is 7.72. The summed E-state index contributed by atoms with van der Waals surface area (Å²) in [5, 5.41) is 0. The molecule has 1 unspecified atom stereocenters. The molecule has 0 aromatic heterocycles. The summed E-state index contributed by atoms with van der Waals surface area (Å²) in [6.45, 7) is 0. The van der Waals surface area contributed by atoms with Crippen LogP contribution in [0.15, 0.2) is 0 Å². The van der Waals surface area contributed by atoms with Gasteiger partial charge in [0.15, 0.2) is 0 Å². The van der Waals surface area contributed by atoms with Crippen molar-refractivity contribution in [1.82, 2.24) is 4.31 Å². The minimum Gasteiger partial charge on any atom is -0.755 e. The van der Waals surface area contributed by atoms with Crippen molar-refractivity contribution in [3.05, 3.63) is 0 Å². The van der Waals surface area contributed by atoms with Crippen LogP contribution < -0.4 is 0 Å². The average Bonchev–Trinajstić information content (AvgIpc) is 2.11. The quantitative estimate of drug-likeness (QED) is 0.363. The third-order valence-corrected chi connectivity index (χ3v) is 1.86. The molecular formula is C4H4NO4S-. The molecule has 1 aliphatic heterocycles. The molecule has 1 fully saturated rings. The molecule has 0 radical (unpaired) electrons. The zero-order valence-corrected chi connectivity index (χ0v) is 5.72. The number of carbonyl (C=O) groups excluding carboxylic acids is 2. The van der Waals surface area contributed by atoms with Crippen LogP contribution >= 0.6 is 0 Å². The second-order valence-corrected chi connectivity index (χ2v) is 2.60. The van der Waals surface area contributed by atoms with Crippen LogP contribution in [0.5, 0.6) is 0 Å². The monoisotopic (exact) mass is 162 g/mol. The topological polar surface area (TPSA) is 77.5 Å². The minimum absolute atomic E-state index is 0.00676. The van der Waals surface area contributed by atoms with Crippen LogP contribution in [0.25, 0.3) is 0 Å². The van der Waals surface area contributed by atoms with Crippen LogP contribution in [0, 0.1) is 0 Å². The Bertz CT molecular complexity index is 197. The second kappa shape index (κ2) is 2.47. The van der Waals surface area contributed by atoms with Crippen LogP contribution in [0.2, 0.25) is 0 Å². The Balaban J connectivity index is 2.82. The molecule has 1 atom stereocenters. The summed E-state index contributed by atoms with van der Waals surface area (Å²) in [5.74, 6) is -1.28. The highest BCUT2D eigenvalue weighted by atomic mass is 32.2. The number of imide groups is 1. The Morgan fingerprint density at radius 3 is 1.90 bits per heavy atom. The molecule has 0 spiro atoms. The second-order valence-electron chi connectivity index (χ2n) is 1.80. The highest BCUT2D eigenvalue weighted by molar-refractivity contribution is 7.78. The lowest BCUT2D eigenvalue weighted by Gasteiger charge is -2.14. The summed E-state index contributed by atoms with van der Waals surface area (Å²) in [6.07, 6.45) is 0.0135. The number of hydrogen-bond acceptors (Lipinski definition) is 4. The first kappa shape index (κ1) is 7.36. The highest BCUT2D eigenvalue weighted by Gasteiger charge is 2.29. The number of nitrogens with zero attached hydrogens (tertiary/aromatic N) is 1. The molecule has 6 heteroatoms. The predicted octanol–water partition coefficient (Wildman–Crippen LogP) is -1.07. The number of amides is 2. The normalized spacial score (nSPS) is 21.9. The molecule has 1 heterocycles. The molecule has 10 heavy (non-hydrogen) atoms. The van der Waals surface area contributed by atoms with Crippen molar-refractivity contribution in [2.45, 2.75) is 12.8 Å². The van der Waals surface area contributed by atoms with Gasteiger partial charge >= 0.3 is 0 Å². The first-order valence-electron chi connectivity index (χ1n) is 2.58. The molecule has 0 aromatic rings. The fourth-order valence-corrected chi connectivity index (χ4v) is 1.24. The lowest BCUT2D eigenvalue weighted by Crippen LogP contribution is -2.30. The molecule has 0 bridgehead atoms. The van der Waals surface area contributed by atoms with Crippen molar-refractivity contribution in [3.8, 4) is 0 Å². The lowest BCUT2D eigenvalue weighted by atomic mass is 10.4. The van der Waals surface area contributed by atoms with Crippen LogP contribution in [-0.4, -0.2) is 24.9 Å². The largest absolute Gasteiger partial charge is 0.755 e. The zero-order valence-electron chi connectivity index (χ0n) is 4.90. The van der Waals surface area contributed by atoms with E-state index in [-0.39, 0.29) is 17.1 Å². The van der Waals surface area contributed by atoms with E-state index in [4.69, 9.17) is 0 Å². The van der Waals surface area contributed by atoms with E-state index in [9.17, 15) is 18.4 Å². The van der Waals surface area contributed by atoms with Gasteiger partial charge in [-0.3, -0.25) is 13.8 Å². The molecule has 0 aliphatic carbocycles. The summed E-state index contributed by atoms with van der Waals surface area (Å²) >= 11 is -2.72. The van der Waals surface area contributed by atoms with Gasteiger partial charge in [-0.1, -0.05) is 0 Å². The SMILES string of the molecule is O=C1CCC(=O)N1S(=O)[O-]. The van der Waals surface area contributed by atoms with Crippen molar-refractivity contribution in [2.24, 2.45) is 0 Å². The van der Waals surface area contributed by atoms with Gasteiger partial charge in [-0.15, -0.1) is 0 Å². The van der Waals surface area contributed by atoms with Crippen molar-refractivity contribution >= 4 is 23.1 Å². The maximum Gasteiger partial charge on any atom is 0.240 e. The van der Waals surface area contributed by atoms with Gasteiger partial charge in [0.1, 0.15) is 0 Å². The Hall–Kier alpha value is -0.750. The maximum absolute atomic E-state index is 10.5. The van der Waals surface area contributed by atoms with Crippen molar-refractivity contribution in [1.29, 1.82) is 0 Å². The molecule has 1 rings (SSSR count). The maximum atomic E-state index is 10.5. The smallest absolute Gasteiger partial charge is 0.240 e. The molecule has 0 saturated carbocycles. The molecule has 0 aromatic carbocycles. The highest BCUT2D eigenvalue weighted by Crippen LogP contribution is 2.12. The van der Waals surface area contributed by atoms with Crippen molar-refractivity contribution in [2.75, 3.05) is 0 Å². The van der Waals surface area contributed by atoms with E-state index >= 15 is 0 Å². The lowest BCUT2D eigenvalue weighted by molar-refractivity contribution is -0.132. The minimum atomic E-state index is -2.72. The van der Waals surface area contributed by atoms with Gasteiger partial charge in [0.25, 0.3) is 0 Å². The van der Waals surface area contributed by atoms with Gasteiger partial charge in [-0.2, -0.15) is 0 Å². The number of carbonyl (C=O) groups is 2. The first-order valence-corrected chi connectivity index (χ1v) is 3.61. The van der Waals surface area contributed by atoms with Gasteiger partial charge in [0, 0.05) is 12.8 Å². The van der Waals surface area contributed by atoms with Gasteiger partial charge in [0.05, 0.1) is 11.3 Å². The van der Waals surface area contributed by atoms with Crippen LogP contribution in [-0.2, 0) is 20.9 Å². The Morgan fingerprint density at radius 1 is 1.30 bits per heavy atom. The van der Waals surface area contributed by atoms with Crippen LogP contribution in [0.1, 0.15) is 12.8 Å². The third-order valence-electron chi connectivity index (χ3n) is 1.15. The summed E-state index contributed by atoms with van der Waals surface area (Å²) in [5.41, 5.74) is 0. The average molecular weight is 162 g/mol. The van der Waals surface area contributed by atoms with E-state index in [1.807, 2.05) is 0 Å². The van der Waals surface area contributed by atoms with Crippen LogP contribution in [0.4, 0.5) is 0 Å². The van der Waals surface area contributed by atoms with E-state index in [0.29, 0.717) is 0 Å². The van der Waals surface area contributed by atoms with E-state index in [1.54, 1.807) is 0 Å². The van der Waals surface area contributed by atoms with Gasteiger partial charge in [-0.25, -0.2) is 4.31 Å². The van der Waals surface area contributed by atoms with Gasteiger partial charge in [0.2, 0.25) is 11.8 Å². The van der Waals surface area contributed by atoms with Crippen LogP contribution in [0.3, 0.4) is 0 Å². The third kappa shape index (κ3) is 1.07. The van der Waals surface area contributed by atoms with E-state index in [0.717, 1.165) is 0 Å². The Kier molecular flexibility index (Phi) is 1.82. The summed E-state index contributed by atoms with van der Waals surface area (Å²) in [7, 11) is 0. The Labute approximate surface area is 59.4 Å². The molecule has 1 aliphatic rings. The summed E-state index contributed by atoms with van der Waals surface area (Å²) in [4.78, 5) is 21.1. The van der Waals surface area contributed by atoms with Gasteiger partial charge in [-0.05, 0) is 0 Å². The van der Waals surface area contributed by atoms with Crippen molar-refractivity contribution < 1.29 is 18.4 Å². The number of rotatable bonds is 1. The van der Waals surface area contributed by atoms with Crippen molar-refractivity contribution in [3.63, 3.8) is 0 Å². The standard InChI is InChI=1S/C4H5NO4S/c6-3-1-2-4(7)5(3)10(8)9/h1-2H2,(H,8,9)/p-1. The van der Waals surface area contributed by atoms with E-state index in [1.165, 1.54) is 0 Å². The van der Waals surface area contributed by atoms with E-state index in [2.05, 4.69) is 0 Å².